The van der Waals surface area contributed by atoms with Crippen molar-refractivity contribution in [2.45, 2.75) is 32.0 Å². The van der Waals surface area contributed by atoms with Gasteiger partial charge in [0, 0.05) is 17.1 Å². The fraction of sp³-hybridized carbons (Fsp3) is 0.294. The van der Waals surface area contributed by atoms with E-state index in [-0.39, 0.29) is 5.82 Å². The number of hydrogen-bond acceptors (Lipinski definition) is 2. The first-order valence-electron chi connectivity index (χ1n) is 7.09. The summed E-state index contributed by atoms with van der Waals surface area (Å²) in [7, 11) is 0. The number of ether oxygens (including phenoxy) is 1. The molecule has 0 heterocycles. The molecule has 0 spiro atoms. The molecule has 110 valence electrons. The summed E-state index contributed by atoms with van der Waals surface area (Å²) in [5, 5.41) is 3.48. The predicted molar refractivity (Wildman–Crippen MR) is 84.7 cm³/mol. The SMILES string of the molecule is Fc1cc(Br)cc(COc2cccc(CNC3CC3)c2)c1. The highest BCUT2D eigenvalue weighted by molar-refractivity contribution is 9.10. The summed E-state index contributed by atoms with van der Waals surface area (Å²) in [5.41, 5.74) is 2.02. The van der Waals surface area contributed by atoms with Crippen LogP contribution >= 0.6 is 15.9 Å². The van der Waals surface area contributed by atoms with E-state index in [0.29, 0.717) is 12.6 Å². The first-order valence-corrected chi connectivity index (χ1v) is 7.88. The summed E-state index contributed by atoms with van der Waals surface area (Å²) in [5.74, 6) is 0.552. The van der Waals surface area contributed by atoms with Crippen LogP contribution in [0.2, 0.25) is 0 Å². The first-order chi connectivity index (χ1) is 10.2. The fourth-order valence-electron chi connectivity index (χ4n) is 2.16. The van der Waals surface area contributed by atoms with Crippen molar-refractivity contribution in [2.24, 2.45) is 0 Å². The molecular formula is C17H17BrFNO. The van der Waals surface area contributed by atoms with Crippen molar-refractivity contribution in [3.8, 4) is 5.75 Å². The van der Waals surface area contributed by atoms with E-state index in [1.165, 1.54) is 30.5 Å². The Morgan fingerprint density at radius 3 is 2.76 bits per heavy atom. The summed E-state index contributed by atoms with van der Waals surface area (Å²) in [6.45, 7) is 1.23. The Morgan fingerprint density at radius 2 is 2.00 bits per heavy atom. The normalized spacial score (nSPS) is 14.2. The van der Waals surface area contributed by atoms with Gasteiger partial charge in [0.15, 0.2) is 0 Å². The van der Waals surface area contributed by atoms with E-state index in [4.69, 9.17) is 4.74 Å². The second kappa shape index (κ2) is 6.58. The van der Waals surface area contributed by atoms with Crippen molar-refractivity contribution < 1.29 is 9.13 Å². The summed E-state index contributed by atoms with van der Waals surface area (Å²) in [6.07, 6.45) is 2.56. The van der Waals surface area contributed by atoms with E-state index < -0.39 is 0 Å². The minimum atomic E-state index is -0.259. The Hall–Kier alpha value is -1.39. The first kappa shape index (κ1) is 14.5. The molecule has 0 amide bonds. The largest absolute Gasteiger partial charge is 0.489 e. The molecule has 0 aromatic heterocycles. The van der Waals surface area contributed by atoms with Gasteiger partial charge in [-0.25, -0.2) is 4.39 Å². The molecule has 1 saturated carbocycles. The third-order valence-corrected chi connectivity index (χ3v) is 3.86. The van der Waals surface area contributed by atoms with Gasteiger partial charge in [0.2, 0.25) is 0 Å². The zero-order valence-electron chi connectivity index (χ0n) is 11.6. The average molecular weight is 350 g/mol. The smallest absolute Gasteiger partial charge is 0.124 e. The maximum Gasteiger partial charge on any atom is 0.124 e. The maximum atomic E-state index is 13.3. The average Bonchev–Trinajstić information content (AvgIpc) is 3.27. The summed E-state index contributed by atoms with van der Waals surface area (Å²) >= 11 is 3.29. The predicted octanol–water partition coefficient (Wildman–Crippen LogP) is 4.42. The van der Waals surface area contributed by atoms with Gasteiger partial charge in [-0.05, 0) is 54.3 Å². The highest BCUT2D eigenvalue weighted by atomic mass is 79.9. The van der Waals surface area contributed by atoms with Crippen molar-refractivity contribution in [1.82, 2.24) is 5.32 Å². The molecule has 1 aliphatic carbocycles. The van der Waals surface area contributed by atoms with Crippen molar-refractivity contribution in [3.63, 3.8) is 0 Å². The Labute approximate surface area is 132 Å². The van der Waals surface area contributed by atoms with Gasteiger partial charge in [-0.15, -0.1) is 0 Å². The zero-order valence-corrected chi connectivity index (χ0v) is 13.2. The van der Waals surface area contributed by atoms with Gasteiger partial charge < -0.3 is 10.1 Å². The van der Waals surface area contributed by atoms with Gasteiger partial charge in [0.1, 0.15) is 18.2 Å². The second-order valence-electron chi connectivity index (χ2n) is 5.37. The van der Waals surface area contributed by atoms with Crippen LogP contribution in [0.25, 0.3) is 0 Å². The lowest BCUT2D eigenvalue weighted by Gasteiger charge is -2.09. The molecule has 0 saturated heterocycles. The molecule has 2 aromatic rings. The highest BCUT2D eigenvalue weighted by Crippen LogP contribution is 2.21. The summed E-state index contributed by atoms with van der Waals surface area (Å²) in [4.78, 5) is 0. The summed E-state index contributed by atoms with van der Waals surface area (Å²) in [6, 6.07) is 13.5. The van der Waals surface area contributed by atoms with Crippen LogP contribution in [0.4, 0.5) is 4.39 Å². The minimum Gasteiger partial charge on any atom is -0.489 e. The van der Waals surface area contributed by atoms with Gasteiger partial charge in [-0.1, -0.05) is 28.1 Å². The monoisotopic (exact) mass is 349 g/mol. The lowest BCUT2D eigenvalue weighted by Crippen LogP contribution is -2.15. The zero-order chi connectivity index (χ0) is 14.7. The molecular weight excluding hydrogens is 333 g/mol. The van der Waals surface area contributed by atoms with Crippen molar-refractivity contribution >= 4 is 15.9 Å². The van der Waals surface area contributed by atoms with E-state index in [1.54, 1.807) is 0 Å². The van der Waals surface area contributed by atoms with E-state index >= 15 is 0 Å². The van der Waals surface area contributed by atoms with E-state index in [2.05, 4.69) is 27.3 Å². The molecule has 1 aliphatic rings. The lowest BCUT2D eigenvalue weighted by molar-refractivity contribution is 0.305. The molecule has 2 nitrogen and oxygen atoms in total. The molecule has 4 heteroatoms. The molecule has 0 aliphatic heterocycles. The number of hydrogen-bond donors (Lipinski definition) is 1. The number of halogens is 2. The standard InChI is InChI=1S/C17H17BrFNO/c18-14-6-13(7-15(19)9-14)11-21-17-3-1-2-12(8-17)10-20-16-4-5-16/h1-3,6-9,16,20H,4-5,10-11H2. The van der Waals surface area contributed by atoms with Crippen LogP contribution in [0.5, 0.6) is 5.75 Å². The molecule has 1 N–H and O–H groups in total. The van der Waals surface area contributed by atoms with Crippen LogP contribution < -0.4 is 10.1 Å². The highest BCUT2D eigenvalue weighted by Gasteiger charge is 2.19. The van der Waals surface area contributed by atoms with Crippen LogP contribution in [0.1, 0.15) is 24.0 Å². The van der Waals surface area contributed by atoms with Gasteiger partial charge >= 0.3 is 0 Å². The Bertz CT molecular complexity index is 608. The molecule has 0 unspecified atom stereocenters. The molecule has 21 heavy (non-hydrogen) atoms. The third-order valence-electron chi connectivity index (χ3n) is 3.40. The van der Waals surface area contributed by atoms with Gasteiger partial charge in [0.25, 0.3) is 0 Å². The second-order valence-corrected chi connectivity index (χ2v) is 6.28. The van der Waals surface area contributed by atoms with Crippen LogP contribution in [-0.2, 0) is 13.2 Å². The number of nitrogens with one attached hydrogen (secondary N) is 1. The van der Waals surface area contributed by atoms with Gasteiger partial charge in [0.05, 0.1) is 0 Å². The van der Waals surface area contributed by atoms with Crippen molar-refractivity contribution in [2.75, 3.05) is 0 Å². The Balaban J connectivity index is 1.59. The van der Waals surface area contributed by atoms with Gasteiger partial charge in [-0.2, -0.15) is 0 Å². The fourth-order valence-corrected chi connectivity index (χ4v) is 2.67. The minimum absolute atomic E-state index is 0.259. The molecule has 0 atom stereocenters. The molecule has 2 aromatic carbocycles. The van der Waals surface area contributed by atoms with Gasteiger partial charge in [-0.3, -0.25) is 0 Å². The Morgan fingerprint density at radius 1 is 1.14 bits per heavy atom. The third kappa shape index (κ3) is 4.55. The van der Waals surface area contributed by atoms with Crippen LogP contribution in [-0.4, -0.2) is 6.04 Å². The number of benzene rings is 2. The van der Waals surface area contributed by atoms with Crippen LogP contribution in [0.3, 0.4) is 0 Å². The van der Waals surface area contributed by atoms with Crippen LogP contribution in [0.15, 0.2) is 46.9 Å². The Kier molecular flexibility index (Phi) is 4.56. The lowest BCUT2D eigenvalue weighted by atomic mass is 10.2. The quantitative estimate of drug-likeness (QED) is 0.833. The molecule has 1 fully saturated rings. The van der Waals surface area contributed by atoms with E-state index in [0.717, 1.165) is 22.3 Å². The van der Waals surface area contributed by atoms with Crippen molar-refractivity contribution in [1.29, 1.82) is 0 Å². The van der Waals surface area contributed by atoms with Crippen molar-refractivity contribution in [3.05, 3.63) is 63.9 Å². The maximum absolute atomic E-state index is 13.3. The topological polar surface area (TPSA) is 21.3 Å². The van der Waals surface area contributed by atoms with E-state index in [1.807, 2.05) is 24.3 Å². The van der Waals surface area contributed by atoms with E-state index in [9.17, 15) is 4.39 Å². The molecule has 0 radical (unpaired) electrons. The number of rotatable bonds is 6. The van der Waals surface area contributed by atoms with Crippen LogP contribution in [0, 0.1) is 5.82 Å². The summed E-state index contributed by atoms with van der Waals surface area (Å²) < 4.78 is 19.8. The molecule has 3 rings (SSSR count). The molecule has 0 bridgehead atoms.